The summed E-state index contributed by atoms with van der Waals surface area (Å²) < 4.78 is 15.8. The van der Waals surface area contributed by atoms with Crippen LogP contribution >= 0.6 is 12.4 Å². The van der Waals surface area contributed by atoms with E-state index in [-0.39, 0.29) is 24.4 Å². The molecule has 0 radical (unpaired) electrons. The standard InChI is InChI=1S/C14H20N2O4.ClH/c1-18-11-5-10(6-12(7-11)19-2)16-14(17)8-13-9-15-3-4-20-13;/h5-7,13,15H,3-4,8-9H2,1-2H3,(H,16,17);1H. The van der Waals surface area contributed by atoms with Crippen LogP contribution in [0.1, 0.15) is 6.42 Å². The van der Waals surface area contributed by atoms with Crippen LogP contribution < -0.4 is 20.1 Å². The molecule has 1 atom stereocenters. The molecule has 1 aliphatic rings. The molecule has 1 aromatic rings. The molecule has 2 rings (SSSR count). The summed E-state index contributed by atoms with van der Waals surface area (Å²) in [6.45, 7) is 2.19. The Kier molecular flexibility index (Phi) is 7.28. The van der Waals surface area contributed by atoms with E-state index in [2.05, 4.69) is 10.6 Å². The minimum absolute atomic E-state index is 0. The second-order valence-electron chi connectivity index (χ2n) is 4.55. The molecule has 6 nitrogen and oxygen atoms in total. The second-order valence-corrected chi connectivity index (χ2v) is 4.55. The van der Waals surface area contributed by atoms with E-state index in [0.717, 1.165) is 6.54 Å². The number of rotatable bonds is 5. The summed E-state index contributed by atoms with van der Waals surface area (Å²) in [7, 11) is 3.14. The zero-order valence-corrected chi connectivity index (χ0v) is 13.0. The number of methoxy groups -OCH3 is 2. The molecular formula is C14H21ClN2O4. The van der Waals surface area contributed by atoms with Crippen LogP contribution in [0.15, 0.2) is 18.2 Å². The van der Waals surface area contributed by atoms with Gasteiger partial charge < -0.3 is 24.8 Å². The Morgan fingerprint density at radius 3 is 2.52 bits per heavy atom. The van der Waals surface area contributed by atoms with E-state index in [1.165, 1.54) is 0 Å². The van der Waals surface area contributed by atoms with Crippen molar-refractivity contribution >= 4 is 24.0 Å². The number of hydrogen-bond donors (Lipinski definition) is 2. The number of hydrogen-bond acceptors (Lipinski definition) is 5. The average molecular weight is 317 g/mol. The summed E-state index contributed by atoms with van der Waals surface area (Å²) in [4.78, 5) is 12.0. The molecule has 1 unspecified atom stereocenters. The lowest BCUT2D eigenvalue weighted by atomic mass is 10.2. The molecule has 0 bridgehead atoms. The van der Waals surface area contributed by atoms with Crippen LogP contribution in [0.25, 0.3) is 0 Å². The van der Waals surface area contributed by atoms with Crippen molar-refractivity contribution in [3.05, 3.63) is 18.2 Å². The van der Waals surface area contributed by atoms with Gasteiger partial charge in [0.2, 0.25) is 5.91 Å². The number of anilines is 1. The smallest absolute Gasteiger partial charge is 0.227 e. The average Bonchev–Trinajstić information content (AvgIpc) is 2.47. The van der Waals surface area contributed by atoms with Crippen molar-refractivity contribution < 1.29 is 19.0 Å². The van der Waals surface area contributed by atoms with Gasteiger partial charge in [-0.3, -0.25) is 4.79 Å². The van der Waals surface area contributed by atoms with E-state index in [1.807, 2.05) is 0 Å². The maximum atomic E-state index is 12.0. The van der Waals surface area contributed by atoms with Crippen LogP contribution in [-0.4, -0.2) is 45.9 Å². The quantitative estimate of drug-likeness (QED) is 0.860. The Labute approximate surface area is 130 Å². The van der Waals surface area contributed by atoms with Gasteiger partial charge in [-0.15, -0.1) is 12.4 Å². The minimum Gasteiger partial charge on any atom is -0.497 e. The molecule has 1 amide bonds. The van der Waals surface area contributed by atoms with Crippen molar-refractivity contribution in [2.45, 2.75) is 12.5 Å². The lowest BCUT2D eigenvalue weighted by Gasteiger charge is -2.23. The van der Waals surface area contributed by atoms with Crippen LogP contribution in [0.3, 0.4) is 0 Å². The number of amides is 1. The SMILES string of the molecule is COc1cc(NC(=O)CC2CNCCO2)cc(OC)c1.Cl. The third-order valence-corrected chi connectivity index (χ3v) is 3.05. The topological polar surface area (TPSA) is 68.8 Å². The number of morpholine rings is 1. The summed E-state index contributed by atoms with van der Waals surface area (Å²) in [5, 5.41) is 6.03. The molecule has 1 fully saturated rings. The third-order valence-electron chi connectivity index (χ3n) is 3.05. The summed E-state index contributed by atoms with van der Waals surface area (Å²) in [6, 6.07) is 5.25. The van der Waals surface area contributed by atoms with Crippen LogP contribution in [0.2, 0.25) is 0 Å². The normalized spacial score (nSPS) is 17.5. The monoisotopic (exact) mass is 316 g/mol. The van der Waals surface area contributed by atoms with Crippen LogP contribution in [0, 0.1) is 0 Å². The first kappa shape index (κ1) is 17.6. The number of ether oxygens (including phenoxy) is 3. The first-order valence-corrected chi connectivity index (χ1v) is 6.56. The van der Waals surface area contributed by atoms with E-state index >= 15 is 0 Å². The molecule has 0 saturated carbocycles. The van der Waals surface area contributed by atoms with Gasteiger partial charge in [0, 0.05) is 37.0 Å². The summed E-state index contributed by atoms with van der Waals surface area (Å²) in [6.07, 6.45) is 0.253. The van der Waals surface area contributed by atoms with Gasteiger partial charge in [0.1, 0.15) is 11.5 Å². The highest BCUT2D eigenvalue weighted by Crippen LogP contribution is 2.25. The minimum atomic E-state index is -0.0889. The maximum absolute atomic E-state index is 12.0. The molecular weight excluding hydrogens is 296 g/mol. The lowest BCUT2D eigenvalue weighted by molar-refractivity contribution is -0.119. The Morgan fingerprint density at radius 2 is 2.00 bits per heavy atom. The highest BCUT2D eigenvalue weighted by Gasteiger charge is 2.17. The van der Waals surface area contributed by atoms with Crippen LogP contribution in [0.4, 0.5) is 5.69 Å². The number of carbonyl (C=O) groups excluding carboxylic acids is 1. The van der Waals surface area contributed by atoms with Crippen molar-refractivity contribution in [2.24, 2.45) is 0 Å². The molecule has 7 heteroatoms. The van der Waals surface area contributed by atoms with Gasteiger partial charge in [0.05, 0.1) is 33.4 Å². The highest BCUT2D eigenvalue weighted by molar-refractivity contribution is 5.91. The van der Waals surface area contributed by atoms with Crippen molar-refractivity contribution in [1.29, 1.82) is 0 Å². The Balaban J connectivity index is 0.00000220. The molecule has 0 aromatic heterocycles. The van der Waals surface area contributed by atoms with Gasteiger partial charge in [-0.1, -0.05) is 0 Å². The second kappa shape index (κ2) is 8.71. The van der Waals surface area contributed by atoms with Gasteiger partial charge in [-0.05, 0) is 0 Å². The summed E-state index contributed by atoms with van der Waals surface area (Å²) in [5.74, 6) is 1.18. The lowest BCUT2D eigenvalue weighted by Crippen LogP contribution is -2.40. The fourth-order valence-electron chi connectivity index (χ4n) is 2.05. The maximum Gasteiger partial charge on any atom is 0.227 e. The fraction of sp³-hybridized carbons (Fsp3) is 0.500. The van der Waals surface area contributed by atoms with E-state index in [0.29, 0.717) is 36.8 Å². The van der Waals surface area contributed by atoms with E-state index in [4.69, 9.17) is 14.2 Å². The Hall–Kier alpha value is -1.50. The molecule has 1 aromatic carbocycles. The first-order chi connectivity index (χ1) is 9.71. The number of nitrogens with one attached hydrogen (secondary N) is 2. The Bertz CT molecular complexity index is 442. The van der Waals surface area contributed by atoms with Gasteiger partial charge in [-0.25, -0.2) is 0 Å². The fourth-order valence-corrected chi connectivity index (χ4v) is 2.05. The number of halogens is 1. The number of carbonyl (C=O) groups is 1. The van der Waals surface area contributed by atoms with Crippen LogP contribution in [0.5, 0.6) is 11.5 Å². The summed E-state index contributed by atoms with van der Waals surface area (Å²) in [5.41, 5.74) is 0.648. The Morgan fingerprint density at radius 1 is 1.33 bits per heavy atom. The molecule has 1 saturated heterocycles. The molecule has 2 N–H and O–H groups in total. The van der Waals surface area contributed by atoms with Gasteiger partial charge in [0.25, 0.3) is 0 Å². The van der Waals surface area contributed by atoms with E-state index in [9.17, 15) is 4.79 Å². The predicted octanol–water partition coefficient (Wildman–Crippen LogP) is 1.44. The van der Waals surface area contributed by atoms with Crippen molar-refractivity contribution in [1.82, 2.24) is 5.32 Å². The molecule has 1 aliphatic heterocycles. The molecule has 0 aliphatic carbocycles. The van der Waals surface area contributed by atoms with E-state index in [1.54, 1.807) is 32.4 Å². The highest BCUT2D eigenvalue weighted by atomic mass is 35.5. The van der Waals surface area contributed by atoms with Gasteiger partial charge >= 0.3 is 0 Å². The zero-order chi connectivity index (χ0) is 14.4. The first-order valence-electron chi connectivity index (χ1n) is 6.56. The molecule has 0 spiro atoms. The van der Waals surface area contributed by atoms with Gasteiger partial charge in [-0.2, -0.15) is 0 Å². The van der Waals surface area contributed by atoms with Crippen LogP contribution in [-0.2, 0) is 9.53 Å². The zero-order valence-electron chi connectivity index (χ0n) is 12.2. The van der Waals surface area contributed by atoms with Crippen molar-refractivity contribution in [3.63, 3.8) is 0 Å². The third kappa shape index (κ3) is 5.41. The molecule has 21 heavy (non-hydrogen) atoms. The molecule has 118 valence electrons. The van der Waals surface area contributed by atoms with Gasteiger partial charge in [0.15, 0.2) is 0 Å². The molecule has 1 heterocycles. The predicted molar refractivity (Wildman–Crippen MR) is 82.7 cm³/mol. The number of benzene rings is 1. The van der Waals surface area contributed by atoms with Crippen molar-refractivity contribution in [2.75, 3.05) is 39.2 Å². The van der Waals surface area contributed by atoms with E-state index < -0.39 is 0 Å². The largest absolute Gasteiger partial charge is 0.497 e. The summed E-state index contributed by atoms with van der Waals surface area (Å²) >= 11 is 0. The van der Waals surface area contributed by atoms with Crippen molar-refractivity contribution in [3.8, 4) is 11.5 Å².